The maximum absolute atomic E-state index is 4.91. The molecule has 1 aliphatic heterocycles. The van der Waals surface area contributed by atoms with Gasteiger partial charge in [-0.2, -0.15) is 0 Å². The minimum Gasteiger partial charge on any atom is -0.251 e. The molecule has 1 N–H and O–H groups in total. The summed E-state index contributed by atoms with van der Waals surface area (Å²) in [6, 6.07) is 8.08. The summed E-state index contributed by atoms with van der Waals surface area (Å²) in [5.74, 6) is 0.827. The van der Waals surface area contributed by atoms with Crippen LogP contribution in [0.4, 0.5) is 0 Å². The van der Waals surface area contributed by atoms with Crippen molar-refractivity contribution < 1.29 is 4.84 Å². The summed E-state index contributed by atoms with van der Waals surface area (Å²) in [5, 5.41) is 0. The molecule has 0 saturated heterocycles. The number of hydrogen-bond donors (Lipinski definition) is 1. The summed E-state index contributed by atoms with van der Waals surface area (Å²) in [7, 11) is 0. The summed E-state index contributed by atoms with van der Waals surface area (Å²) in [6.07, 6.45) is 0. The van der Waals surface area contributed by atoms with Crippen LogP contribution >= 0.6 is 0 Å². The maximum Gasteiger partial charge on any atom is 0.167 e. The number of hydrogen-bond acceptors (Lipinski definition) is 3. The Bertz CT molecular complexity index is 320. The molecule has 1 aliphatic rings. The van der Waals surface area contributed by atoms with Crippen LogP contribution in [-0.4, -0.2) is 12.6 Å². The largest absolute Gasteiger partial charge is 0.251 e. The molecule has 12 heavy (non-hydrogen) atoms. The van der Waals surface area contributed by atoms with E-state index in [1.807, 2.05) is 18.2 Å². The third kappa shape index (κ3) is 1.19. The van der Waals surface area contributed by atoms with Crippen LogP contribution in [-0.2, 0) is 4.84 Å². The number of amidine groups is 1. The van der Waals surface area contributed by atoms with E-state index in [1.54, 1.807) is 0 Å². The van der Waals surface area contributed by atoms with Crippen molar-refractivity contribution in [3.05, 3.63) is 35.4 Å². The Labute approximate surface area is 71.0 Å². The van der Waals surface area contributed by atoms with Crippen molar-refractivity contribution in [1.29, 1.82) is 0 Å². The van der Waals surface area contributed by atoms with Gasteiger partial charge in [-0.3, -0.25) is 4.84 Å². The highest BCUT2D eigenvalue weighted by Gasteiger charge is 2.09. The number of rotatable bonds is 1. The fourth-order valence-corrected chi connectivity index (χ4v) is 1.21. The van der Waals surface area contributed by atoms with Crippen LogP contribution in [0.15, 0.2) is 29.3 Å². The number of nitrogens with one attached hydrogen (secondary N) is 1. The van der Waals surface area contributed by atoms with Gasteiger partial charge in [0.1, 0.15) is 0 Å². The smallest absolute Gasteiger partial charge is 0.167 e. The van der Waals surface area contributed by atoms with E-state index in [2.05, 4.69) is 23.5 Å². The van der Waals surface area contributed by atoms with Crippen molar-refractivity contribution in [2.45, 2.75) is 6.92 Å². The second-order valence-corrected chi connectivity index (χ2v) is 2.70. The fourth-order valence-electron chi connectivity index (χ4n) is 1.21. The van der Waals surface area contributed by atoms with Crippen LogP contribution in [0.3, 0.4) is 0 Å². The third-order valence-corrected chi connectivity index (χ3v) is 1.86. The highest BCUT2D eigenvalue weighted by atomic mass is 16.7. The molecule has 0 aromatic heterocycles. The predicted molar refractivity (Wildman–Crippen MR) is 46.8 cm³/mol. The maximum atomic E-state index is 4.91. The number of aryl methyl sites for hydroxylation is 1. The van der Waals surface area contributed by atoms with Crippen molar-refractivity contribution in [2.24, 2.45) is 4.99 Å². The lowest BCUT2D eigenvalue weighted by Gasteiger charge is -2.03. The minimum absolute atomic E-state index is 0.406. The van der Waals surface area contributed by atoms with Gasteiger partial charge in [0.2, 0.25) is 0 Å². The zero-order chi connectivity index (χ0) is 8.39. The van der Waals surface area contributed by atoms with Crippen molar-refractivity contribution in [1.82, 2.24) is 5.48 Å². The molecule has 0 bridgehead atoms. The van der Waals surface area contributed by atoms with Gasteiger partial charge in [0.25, 0.3) is 0 Å². The van der Waals surface area contributed by atoms with E-state index in [0.717, 1.165) is 11.4 Å². The zero-order valence-corrected chi connectivity index (χ0v) is 6.87. The Morgan fingerprint density at radius 1 is 1.42 bits per heavy atom. The van der Waals surface area contributed by atoms with Gasteiger partial charge in [0, 0.05) is 5.56 Å². The van der Waals surface area contributed by atoms with E-state index in [9.17, 15) is 0 Å². The van der Waals surface area contributed by atoms with Gasteiger partial charge < -0.3 is 0 Å². The van der Waals surface area contributed by atoms with Gasteiger partial charge in [0.15, 0.2) is 12.6 Å². The summed E-state index contributed by atoms with van der Waals surface area (Å²) < 4.78 is 0. The van der Waals surface area contributed by atoms with Crippen LogP contribution in [0.5, 0.6) is 0 Å². The molecule has 0 atom stereocenters. The van der Waals surface area contributed by atoms with Gasteiger partial charge in [-0.15, -0.1) is 0 Å². The molecule has 0 fully saturated rings. The first-order valence-corrected chi connectivity index (χ1v) is 3.86. The third-order valence-electron chi connectivity index (χ3n) is 1.86. The Kier molecular flexibility index (Phi) is 1.80. The van der Waals surface area contributed by atoms with Gasteiger partial charge in [-0.1, -0.05) is 24.3 Å². The number of nitrogens with zero attached hydrogens (tertiary/aromatic N) is 1. The highest BCUT2D eigenvalue weighted by molar-refractivity contribution is 5.99. The molecule has 0 aliphatic carbocycles. The van der Waals surface area contributed by atoms with Crippen molar-refractivity contribution in [3.8, 4) is 0 Å². The van der Waals surface area contributed by atoms with Crippen molar-refractivity contribution in [3.63, 3.8) is 0 Å². The Balaban J connectivity index is 2.39. The van der Waals surface area contributed by atoms with Gasteiger partial charge in [0.05, 0.1) is 0 Å². The van der Waals surface area contributed by atoms with E-state index >= 15 is 0 Å². The zero-order valence-electron chi connectivity index (χ0n) is 6.87. The van der Waals surface area contributed by atoms with Crippen molar-refractivity contribution >= 4 is 5.84 Å². The van der Waals surface area contributed by atoms with E-state index in [4.69, 9.17) is 4.84 Å². The SMILES string of the molecule is Cc1ccccc1C1=NCON1. The topological polar surface area (TPSA) is 33.6 Å². The monoisotopic (exact) mass is 162 g/mol. The standard InChI is InChI=1S/C9H10N2O/c1-7-4-2-3-5-8(7)9-10-6-12-11-9/h2-5H,6H2,1H3,(H,10,11). The summed E-state index contributed by atoms with van der Waals surface area (Å²) in [6.45, 7) is 2.46. The summed E-state index contributed by atoms with van der Waals surface area (Å²) in [4.78, 5) is 9.06. The second kappa shape index (κ2) is 2.95. The van der Waals surface area contributed by atoms with Crippen molar-refractivity contribution in [2.75, 3.05) is 6.73 Å². The Hall–Kier alpha value is -1.35. The molecule has 0 amide bonds. The highest BCUT2D eigenvalue weighted by Crippen LogP contribution is 2.09. The minimum atomic E-state index is 0.406. The average Bonchev–Trinajstić information content (AvgIpc) is 2.57. The lowest BCUT2D eigenvalue weighted by molar-refractivity contribution is 0.115. The molecule has 0 spiro atoms. The Morgan fingerprint density at radius 3 is 2.92 bits per heavy atom. The second-order valence-electron chi connectivity index (χ2n) is 2.70. The van der Waals surface area contributed by atoms with Crippen LogP contribution in [0, 0.1) is 6.92 Å². The van der Waals surface area contributed by atoms with E-state index in [0.29, 0.717) is 6.73 Å². The van der Waals surface area contributed by atoms with Gasteiger partial charge >= 0.3 is 0 Å². The molecule has 0 unspecified atom stereocenters. The first-order chi connectivity index (χ1) is 5.88. The summed E-state index contributed by atoms with van der Waals surface area (Å²) >= 11 is 0. The lowest BCUT2D eigenvalue weighted by atomic mass is 10.1. The van der Waals surface area contributed by atoms with Crippen LogP contribution in [0.2, 0.25) is 0 Å². The number of aliphatic imine (C=N–C) groups is 1. The molecule has 0 saturated carbocycles. The molecule has 62 valence electrons. The molecule has 2 rings (SSSR count). The molecule has 1 heterocycles. The molecule has 1 aromatic carbocycles. The summed E-state index contributed by atoms with van der Waals surface area (Å²) in [5.41, 5.74) is 5.07. The molecular formula is C9H10N2O. The number of hydroxylamine groups is 1. The van der Waals surface area contributed by atoms with Gasteiger partial charge in [-0.05, 0) is 12.5 Å². The van der Waals surface area contributed by atoms with E-state index in [-0.39, 0.29) is 0 Å². The molecule has 3 nitrogen and oxygen atoms in total. The van der Waals surface area contributed by atoms with E-state index in [1.165, 1.54) is 5.56 Å². The molecule has 0 radical (unpaired) electrons. The van der Waals surface area contributed by atoms with Gasteiger partial charge in [-0.25, -0.2) is 10.5 Å². The quantitative estimate of drug-likeness (QED) is 0.674. The average molecular weight is 162 g/mol. The normalized spacial score (nSPS) is 15.6. The molecular weight excluding hydrogens is 152 g/mol. The molecule has 1 aromatic rings. The van der Waals surface area contributed by atoms with E-state index < -0.39 is 0 Å². The number of benzene rings is 1. The first-order valence-electron chi connectivity index (χ1n) is 3.86. The lowest BCUT2D eigenvalue weighted by Crippen LogP contribution is -2.18. The molecule has 3 heteroatoms. The van der Waals surface area contributed by atoms with Crippen LogP contribution in [0.1, 0.15) is 11.1 Å². The Morgan fingerprint density at radius 2 is 2.25 bits per heavy atom. The van der Waals surface area contributed by atoms with Crippen LogP contribution < -0.4 is 5.48 Å². The fraction of sp³-hybridized carbons (Fsp3) is 0.222. The predicted octanol–water partition coefficient (Wildman–Crippen LogP) is 1.23. The first kappa shape index (κ1) is 7.31. The van der Waals surface area contributed by atoms with Crippen LogP contribution in [0.25, 0.3) is 0 Å².